The first-order valence-corrected chi connectivity index (χ1v) is 8.68. The zero-order valence-electron chi connectivity index (χ0n) is 15.2. The summed E-state index contributed by atoms with van der Waals surface area (Å²) in [4.78, 5) is 20.8. The molecule has 3 unspecified atom stereocenters. The molecule has 0 bridgehead atoms. The van der Waals surface area contributed by atoms with Crippen molar-refractivity contribution in [3.05, 3.63) is 34.9 Å². The molecule has 0 spiro atoms. The van der Waals surface area contributed by atoms with Crippen LogP contribution in [-0.2, 0) is 16.0 Å². The van der Waals surface area contributed by atoms with Gasteiger partial charge in [-0.15, -0.1) is 0 Å². The molecule has 1 saturated carbocycles. The van der Waals surface area contributed by atoms with E-state index in [1.54, 1.807) is 0 Å². The van der Waals surface area contributed by atoms with Crippen molar-refractivity contribution in [2.75, 3.05) is 0 Å². The number of benzene rings is 1. The van der Waals surface area contributed by atoms with Gasteiger partial charge in [0.05, 0.1) is 6.42 Å². The highest BCUT2D eigenvalue weighted by atomic mass is 16.4. The highest BCUT2D eigenvalue weighted by Gasteiger charge is 2.25. The van der Waals surface area contributed by atoms with Gasteiger partial charge >= 0.3 is 11.9 Å². The fourth-order valence-corrected chi connectivity index (χ4v) is 3.18. The molecule has 2 rings (SSSR count). The molecule has 1 aromatic rings. The van der Waals surface area contributed by atoms with Gasteiger partial charge in [0.15, 0.2) is 0 Å². The molecule has 1 aliphatic rings. The van der Waals surface area contributed by atoms with E-state index in [0.717, 1.165) is 29.9 Å². The largest absolute Gasteiger partial charge is 0.481 e. The van der Waals surface area contributed by atoms with Gasteiger partial charge < -0.3 is 10.2 Å². The van der Waals surface area contributed by atoms with Gasteiger partial charge in [0.1, 0.15) is 0 Å². The van der Waals surface area contributed by atoms with Crippen molar-refractivity contribution in [3.63, 3.8) is 0 Å². The SMILES string of the molecule is C.CC1CCC(CC(=O)O)CC1C.Cc1ccc(CC(=O)O)cc1C. The third-order valence-electron chi connectivity index (χ3n) is 5.10. The Morgan fingerprint density at radius 2 is 1.64 bits per heavy atom. The van der Waals surface area contributed by atoms with E-state index in [1.165, 1.54) is 12.0 Å². The monoisotopic (exact) mass is 350 g/mol. The average molecular weight is 350 g/mol. The van der Waals surface area contributed by atoms with E-state index < -0.39 is 11.9 Å². The number of hydrogen-bond donors (Lipinski definition) is 2. The molecule has 3 atom stereocenters. The number of hydrogen-bond acceptors (Lipinski definition) is 2. The number of carboxylic acids is 2. The van der Waals surface area contributed by atoms with Crippen LogP contribution in [0.2, 0.25) is 0 Å². The maximum atomic E-state index is 10.5. The van der Waals surface area contributed by atoms with Crippen molar-refractivity contribution in [2.45, 2.75) is 67.2 Å². The standard InChI is InChI=1S/C10H18O2.C10H12O2.CH4/c2*1-7-3-4-9(5-8(7)2)6-10(11)12;/h7-9H,3-6H2,1-2H3,(H,11,12);3-5H,6H2,1-2H3,(H,11,12);1H4. The molecule has 1 aromatic carbocycles. The summed E-state index contributed by atoms with van der Waals surface area (Å²) in [6.45, 7) is 8.50. The number of rotatable bonds is 4. The molecule has 142 valence electrons. The second-order valence-corrected chi connectivity index (χ2v) is 7.22. The molecule has 0 amide bonds. The van der Waals surface area contributed by atoms with Gasteiger partial charge in [-0.1, -0.05) is 45.9 Å². The summed E-state index contributed by atoms with van der Waals surface area (Å²) >= 11 is 0. The van der Waals surface area contributed by atoms with E-state index in [4.69, 9.17) is 10.2 Å². The van der Waals surface area contributed by atoms with E-state index in [-0.39, 0.29) is 13.8 Å². The van der Waals surface area contributed by atoms with Gasteiger partial charge in [0.2, 0.25) is 0 Å². The Morgan fingerprint density at radius 3 is 2.12 bits per heavy atom. The van der Waals surface area contributed by atoms with E-state index in [0.29, 0.717) is 18.3 Å². The van der Waals surface area contributed by atoms with Crippen molar-refractivity contribution in [1.29, 1.82) is 0 Å². The Balaban J connectivity index is 0.000000443. The normalized spacial score (nSPS) is 22.2. The Morgan fingerprint density at radius 1 is 1.00 bits per heavy atom. The zero-order valence-corrected chi connectivity index (χ0v) is 15.2. The molecule has 1 aliphatic carbocycles. The van der Waals surface area contributed by atoms with Gasteiger partial charge in [-0.25, -0.2) is 0 Å². The number of aryl methyl sites for hydroxylation is 2. The van der Waals surface area contributed by atoms with Crippen LogP contribution in [0.1, 0.15) is 63.6 Å². The minimum absolute atomic E-state index is 0. The Hall–Kier alpha value is -1.84. The van der Waals surface area contributed by atoms with Gasteiger partial charge in [0.25, 0.3) is 0 Å². The molecule has 0 aliphatic heterocycles. The van der Waals surface area contributed by atoms with Crippen LogP contribution < -0.4 is 0 Å². The van der Waals surface area contributed by atoms with Gasteiger partial charge in [-0.3, -0.25) is 9.59 Å². The molecule has 25 heavy (non-hydrogen) atoms. The van der Waals surface area contributed by atoms with Crippen molar-refractivity contribution < 1.29 is 19.8 Å². The highest BCUT2D eigenvalue weighted by Crippen LogP contribution is 2.34. The van der Waals surface area contributed by atoms with E-state index >= 15 is 0 Å². The van der Waals surface area contributed by atoms with Crippen LogP contribution in [0.15, 0.2) is 18.2 Å². The summed E-state index contributed by atoms with van der Waals surface area (Å²) in [6.07, 6.45) is 3.91. The third-order valence-corrected chi connectivity index (χ3v) is 5.10. The Labute approximate surface area is 152 Å². The minimum Gasteiger partial charge on any atom is -0.481 e. The van der Waals surface area contributed by atoms with Crippen LogP contribution in [-0.4, -0.2) is 22.2 Å². The van der Waals surface area contributed by atoms with E-state index in [1.807, 2.05) is 32.0 Å². The summed E-state index contributed by atoms with van der Waals surface area (Å²) in [5.41, 5.74) is 3.21. The summed E-state index contributed by atoms with van der Waals surface area (Å²) in [5.74, 6) is 0.520. The Kier molecular flexibility index (Phi) is 10.1. The van der Waals surface area contributed by atoms with Gasteiger partial charge in [-0.2, -0.15) is 0 Å². The lowest BCUT2D eigenvalue weighted by molar-refractivity contribution is -0.139. The number of aliphatic carboxylic acids is 2. The lowest BCUT2D eigenvalue weighted by atomic mass is 9.75. The average Bonchev–Trinajstić information content (AvgIpc) is 2.46. The maximum absolute atomic E-state index is 10.5. The predicted octanol–water partition coefficient (Wildman–Crippen LogP) is 5.10. The first-order valence-electron chi connectivity index (χ1n) is 8.68. The van der Waals surface area contributed by atoms with Crippen LogP contribution in [0.4, 0.5) is 0 Å². The second-order valence-electron chi connectivity index (χ2n) is 7.22. The molecule has 4 heteroatoms. The van der Waals surface area contributed by atoms with Gasteiger partial charge in [-0.05, 0) is 61.1 Å². The molecular weight excluding hydrogens is 316 g/mol. The highest BCUT2D eigenvalue weighted by molar-refractivity contribution is 5.70. The summed E-state index contributed by atoms with van der Waals surface area (Å²) < 4.78 is 0. The smallest absolute Gasteiger partial charge is 0.307 e. The molecule has 4 nitrogen and oxygen atoms in total. The molecule has 0 aromatic heterocycles. The molecular formula is C21H34O4. The van der Waals surface area contributed by atoms with Crippen LogP contribution in [0.5, 0.6) is 0 Å². The molecule has 2 N–H and O–H groups in total. The first-order chi connectivity index (χ1) is 11.2. The summed E-state index contributed by atoms with van der Waals surface area (Å²) in [7, 11) is 0. The van der Waals surface area contributed by atoms with Crippen molar-refractivity contribution in [3.8, 4) is 0 Å². The molecule has 0 radical (unpaired) electrons. The first kappa shape index (κ1) is 23.2. The van der Waals surface area contributed by atoms with E-state index in [9.17, 15) is 9.59 Å². The summed E-state index contributed by atoms with van der Waals surface area (Å²) in [6, 6.07) is 5.73. The van der Waals surface area contributed by atoms with Crippen LogP contribution in [0, 0.1) is 31.6 Å². The quantitative estimate of drug-likeness (QED) is 0.792. The lowest BCUT2D eigenvalue weighted by Gasteiger charge is -2.31. The van der Waals surface area contributed by atoms with E-state index in [2.05, 4.69) is 13.8 Å². The second kappa shape index (κ2) is 10.9. The van der Waals surface area contributed by atoms with Crippen molar-refractivity contribution in [2.24, 2.45) is 17.8 Å². The lowest BCUT2D eigenvalue weighted by Crippen LogP contribution is -2.22. The molecule has 0 heterocycles. The fraction of sp³-hybridized carbons (Fsp3) is 0.619. The van der Waals surface area contributed by atoms with Crippen molar-refractivity contribution >= 4 is 11.9 Å². The topological polar surface area (TPSA) is 74.6 Å². The van der Waals surface area contributed by atoms with Gasteiger partial charge in [0, 0.05) is 6.42 Å². The van der Waals surface area contributed by atoms with Crippen LogP contribution in [0.3, 0.4) is 0 Å². The third kappa shape index (κ3) is 8.71. The van der Waals surface area contributed by atoms with Crippen molar-refractivity contribution in [1.82, 2.24) is 0 Å². The molecule has 1 fully saturated rings. The Bertz CT molecular complexity index is 565. The maximum Gasteiger partial charge on any atom is 0.307 e. The number of carboxylic acid groups (broad SMARTS) is 2. The number of carbonyl (C=O) groups is 2. The summed E-state index contributed by atoms with van der Waals surface area (Å²) in [5, 5.41) is 17.1. The zero-order chi connectivity index (χ0) is 18.3. The fourth-order valence-electron chi connectivity index (χ4n) is 3.18. The minimum atomic E-state index is -0.779. The van der Waals surface area contributed by atoms with Crippen LogP contribution >= 0.6 is 0 Å². The van der Waals surface area contributed by atoms with Crippen LogP contribution in [0.25, 0.3) is 0 Å². The molecule has 0 saturated heterocycles. The predicted molar refractivity (Wildman–Crippen MR) is 102 cm³/mol.